The quantitative estimate of drug-likeness (QED) is 0.635. The number of ether oxygens (including phenoxy) is 1. The molecule has 0 aliphatic carbocycles. The summed E-state index contributed by atoms with van der Waals surface area (Å²) in [6, 6.07) is 4.39. The molecule has 0 saturated heterocycles. The minimum absolute atomic E-state index is 0.0147. The van der Waals surface area contributed by atoms with E-state index in [1.54, 1.807) is 32.9 Å². The molecule has 3 N–H and O–H groups in total. The molecule has 1 heterocycles. The first kappa shape index (κ1) is 24.1. The van der Waals surface area contributed by atoms with E-state index >= 15 is 0 Å². The van der Waals surface area contributed by atoms with Crippen LogP contribution in [0.15, 0.2) is 28.8 Å². The van der Waals surface area contributed by atoms with E-state index in [-0.39, 0.29) is 36.9 Å². The highest BCUT2D eigenvalue weighted by atomic mass is 16.6. The van der Waals surface area contributed by atoms with Crippen LogP contribution in [-0.2, 0) is 9.53 Å². The Bertz CT molecular complexity index is 908. The van der Waals surface area contributed by atoms with Gasteiger partial charge in [-0.3, -0.25) is 10.1 Å². The number of hydrogen-bond donors (Lipinski definition) is 3. The molecule has 0 fully saturated rings. The number of aliphatic hydroxyl groups excluding tert-OH is 1. The lowest BCUT2D eigenvalue weighted by Crippen LogP contribution is -2.39. The van der Waals surface area contributed by atoms with Crippen LogP contribution in [0, 0.1) is 0 Å². The minimum atomic E-state index is -1.11. The van der Waals surface area contributed by atoms with Crippen molar-refractivity contribution >= 4 is 35.6 Å². The van der Waals surface area contributed by atoms with Crippen LogP contribution in [0.5, 0.6) is 0 Å². The van der Waals surface area contributed by atoms with E-state index in [4.69, 9.17) is 4.74 Å². The molecule has 0 radical (unpaired) electrons. The average Bonchev–Trinajstić information content (AvgIpc) is 2.83. The molecule has 9 nitrogen and oxygen atoms in total. The van der Waals surface area contributed by atoms with Gasteiger partial charge in [-0.1, -0.05) is 13.0 Å². The smallest absolute Gasteiger partial charge is 0.413 e. The van der Waals surface area contributed by atoms with Crippen molar-refractivity contribution < 1.29 is 29.3 Å². The fraction of sp³-hybridized carbons (Fsp3) is 0.455. The number of carboxylic acids is 1. The number of nitrogens with one attached hydrogen (secondary N) is 1. The van der Waals surface area contributed by atoms with Gasteiger partial charge < -0.3 is 19.8 Å². The van der Waals surface area contributed by atoms with Crippen LogP contribution >= 0.6 is 0 Å². The van der Waals surface area contributed by atoms with E-state index in [1.165, 1.54) is 17.0 Å². The number of amidine groups is 1. The summed E-state index contributed by atoms with van der Waals surface area (Å²) in [6.45, 7) is 7.58. The lowest BCUT2D eigenvalue weighted by Gasteiger charge is -2.23. The molecule has 0 aromatic heterocycles. The first-order valence-corrected chi connectivity index (χ1v) is 10.1. The SMILES string of the molecule is CCCN(CCO)C(=O)C1=Cc2ccc(C(=O)O)cc2N=C(NC(=O)OC(C)(C)C)C1. The Morgan fingerprint density at radius 3 is 2.52 bits per heavy atom. The molecule has 1 aliphatic heterocycles. The van der Waals surface area contributed by atoms with E-state index in [9.17, 15) is 24.6 Å². The summed E-state index contributed by atoms with van der Waals surface area (Å²) >= 11 is 0. The maximum Gasteiger partial charge on any atom is 0.413 e. The third-order valence-corrected chi connectivity index (χ3v) is 4.29. The van der Waals surface area contributed by atoms with Crippen LogP contribution in [0.3, 0.4) is 0 Å². The number of nitrogens with zero attached hydrogens (tertiary/aromatic N) is 2. The number of carbonyl (C=O) groups is 3. The van der Waals surface area contributed by atoms with Crippen molar-refractivity contribution in [2.24, 2.45) is 4.99 Å². The number of amides is 2. The molecule has 0 saturated carbocycles. The molecular weight excluding hydrogens is 402 g/mol. The van der Waals surface area contributed by atoms with Gasteiger partial charge in [0, 0.05) is 30.6 Å². The van der Waals surface area contributed by atoms with Crippen LogP contribution < -0.4 is 5.32 Å². The molecular formula is C22H29N3O6. The summed E-state index contributed by atoms with van der Waals surface area (Å²) in [4.78, 5) is 42.7. The van der Waals surface area contributed by atoms with Gasteiger partial charge in [0.1, 0.15) is 11.4 Å². The largest absolute Gasteiger partial charge is 0.478 e. The van der Waals surface area contributed by atoms with Gasteiger partial charge in [-0.25, -0.2) is 14.6 Å². The van der Waals surface area contributed by atoms with Crippen molar-refractivity contribution in [3.63, 3.8) is 0 Å². The Morgan fingerprint density at radius 1 is 1.23 bits per heavy atom. The van der Waals surface area contributed by atoms with Gasteiger partial charge in [-0.05, 0) is 45.4 Å². The molecule has 0 bridgehead atoms. The summed E-state index contributed by atoms with van der Waals surface area (Å²) in [5.41, 5.74) is 0.540. The van der Waals surface area contributed by atoms with Crippen molar-refractivity contribution in [3.05, 3.63) is 34.9 Å². The Kier molecular flexibility index (Phi) is 7.93. The van der Waals surface area contributed by atoms with Crippen LogP contribution in [0.2, 0.25) is 0 Å². The molecule has 1 aromatic carbocycles. The molecule has 0 spiro atoms. The Labute approximate surface area is 181 Å². The summed E-state index contributed by atoms with van der Waals surface area (Å²) in [6.07, 6.45) is 1.64. The maximum absolute atomic E-state index is 13.1. The highest BCUT2D eigenvalue weighted by Crippen LogP contribution is 2.29. The van der Waals surface area contributed by atoms with Gasteiger partial charge in [0.15, 0.2) is 0 Å². The minimum Gasteiger partial charge on any atom is -0.478 e. The standard InChI is InChI=1S/C22H29N3O6/c1-5-8-25(9-10-26)19(27)16-11-14-6-7-15(20(28)29)12-17(14)23-18(13-16)24-21(30)31-22(2,3)4/h6-7,11-12,26H,5,8-10,13H2,1-4H3,(H,28,29)(H,23,24,30). The van der Waals surface area contributed by atoms with E-state index in [0.717, 1.165) is 0 Å². The van der Waals surface area contributed by atoms with Gasteiger partial charge in [0.05, 0.1) is 17.9 Å². The molecule has 0 unspecified atom stereocenters. The Balaban J connectivity index is 2.46. The second-order valence-electron chi connectivity index (χ2n) is 8.13. The maximum atomic E-state index is 13.1. The van der Waals surface area contributed by atoms with Crippen LogP contribution in [0.1, 0.15) is 56.5 Å². The normalized spacial score (nSPS) is 13.3. The van der Waals surface area contributed by atoms with Crippen molar-refractivity contribution in [1.29, 1.82) is 0 Å². The average molecular weight is 431 g/mol. The number of rotatable bonds is 6. The first-order chi connectivity index (χ1) is 14.5. The number of aliphatic hydroxyl groups is 1. The number of fused-ring (bicyclic) bond motifs is 1. The fourth-order valence-corrected chi connectivity index (χ4v) is 3.04. The van der Waals surface area contributed by atoms with E-state index in [2.05, 4.69) is 10.3 Å². The molecule has 1 aromatic rings. The number of alkyl carbamates (subject to hydrolysis) is 1. The van der Waals surface area contributed by atoms with Crippen molar-refractivity contribution in [1.82, 2.24) is 10.2 Å². The van der Waals surface area contributed by atoms with Gasteiger partial charge in [0.2, 0.25) is 5.91 Å². The monoisotopic (exact) mass is 431 g/mol. The lowest BCUT2D eigenvalue weighted by molar-refractivity contribution is -0.127. The fourth-order valence-electron chi connectivity index (χ4n) is 3.04. The first-order valence-electron chi connectivity index (χ1n) is 10.1. The number of aromatic carboxylic acids is 1. The zero-order valence-corrected chi connectivity index (χ0v) is 18.3. The predicted molar refractivity (Wildman–Crippen MR) is 116 cm³/mol. The van der Waals surface area contributed by atoms with Crippen LogP contribution in [0.25, 0.3) is 6.08 Å². The van der Waals surface area contributed by atoms with E-state index < -0.39 is 17.7 Å². The van der Waals surface area contributed by atoms with Crippen molar-refractivity contribution in [2.45, 2.75) is 46.1 Å². The van der Waals surface area contributed by atoms with Gasteiger partial charge in [-0.2, -0.15) is 0 Å². The predicted octanol–water partition coefficient (Wildman–Crippen LogP) is 2.96. The summed E-state index contributed by atoms with van der Waals surface area (Å²) in [5, 5.41) is 21.2. The third kappa shape index (κ3) is 6.92. The second-order valence-corrected chi connectivity index (χ2v) is 8.13. The van der Waals surface area contributed by atoms with E-state index in [1.807, 2.05) is 6.92 Å². The number of aliphatic imine (C=N–C) groups is 1. The topological polar surface area (TPSA) is 129 Å². The van der Waals surface area contributed by atoms with Gasteiger partial charge in [0.25, 0.3) is 0 Å². The highest BCUT2D eigenvalue weighted by Gasteiger charge is 2.24. The van der Waals surface area contributed by atoms with Crippen molar-refractivity contribution in [2.75, 3.05) is 19.7 Å². The molecule has 2 amide bonds. The van der Waals surface area contributed by atoms with Crippen LogP contribution in [-0.4, -0.2) is 64.2 Å². The molecule has 0 atom stereocenters. The zero-order valence-electron chi connectivity index (χ0n) is 18.3. The second kappa shape index (κ2) is 10.2. The highest BCUT2D eigenvalue weighted by molar-refractivity contribution is 6.08. The zero-order chi connectivity index (χ0) is 23.2. The third-order valence-electron chi connectivity index (χ3n) is 4.29. The molecule has 9 heteroatoms. The summed E-state index contributed by atoms with van der Waals surface area (Å²) in [5.74, 6) is -1.23. The lowest BCUT2D eigenvalue weighted by atomic mass is 10.0. The summed E-state index contributed by atoms with van der Waals surface area (Å²) in [7, 11) is 0. The molecule has 168 valence electrons. The number of carbonyl (C=O) groups excluding carboxylic acids is 2. The van der Waals surface area contributed by atoms with Gasteiger partial charge in [-0.15, -0.1) is 0 Å². The molecule has 1 aliphatic rings. The van der Waals surface area contributed by atoms with Gasteiger partial charge >= 0.3 is 12.1 Å². The van der Waals surface area contributed by atoms with E-state index in [0.29, 0.717) is 29.8 Å². The van der Waals surface area contributed by atoms with Crippen LogP contribution in [0.4, 0.5) is 10.5 Å². The Morgan fingerprint density at radius 2 is 1.94 bits per heavy atom. The van der Waals surface area contributed by atoms with Crippen molar-refractivity contribution in [3.8, 4) is 0 Å². The Hall–Kier alpha value is -3.20. The molecule has 2 rings (SSSR count). The summed E-state index contributed by atoms with van der Waals surface area (Å²) < 4.78 is 5.28. The number of hydrogen-bond acceptors (Lipinski definition) is 6. The number of benzene rings is 1. The molecule has 31 heavy (non-hydrogen) atoms. The number of carboxylic acid groups (broad SMARTS) is 1.